The van der Waals surface area contributed by atoms with Crippen LogP contribution in [0.15, 0.2) is 86.2 Å². The summed E-state index contributed by atoms with van der Waals surface area (Å²) < 4.78 is 25.3. The minimum absolute atomic E-state index is 0.100. The summed E-state index contributed by atoms with van der Waals surface area (Å²) in [5.74, 6) is -1.44. The Hall–Kier alpha value is -2.76. The van der Waals surface area contributed by atoms with Gasteiger partial charge in [0.2, 0.25) is 0 Å². The number of aliphatic hydroxyl groups excluding tert-OH is 2. The van der Waals surface area contributed by atoms with Gasteiger partial charge in [-0.1, -0.05) is 53.2 Å². The largest absolute Gasteiger partial charge is 0.511 e. The van der Waals surface area contributed by atoms with E-state index in [2.05, 4.69) is 9.71 Å². The molecule has 2 aromatic rings. The molecule has 1 amide bonds. The molecule has 2 aromatic carbocycles. The number of anilines is 1. The Morgan fingerprint density at radius 1 is 1.09 bits per heavy atom. The van der Waals surface area contributed by atoms with Gasteiger partial charge in [-0.2, -0.15) is 0 Å². The fourth-order valence-electron chi connectivity index (χ4n) is 4.12. The lowest BCUT2D eigenvalue weighted by atomic mass is 9.89. The third kappa shape index (κ3) is 3.40. The van der Waals surface area contributed by atoms with E-state index < -0.39 is 28.0 Å². The highest BCUT2D eigenvalue weighted by atomic mass is 32.3. The van der Waals surface area contributed by atoms with Gasteiger partial charge in [0.1, 0.15) is 16.2 Å². The molecule has 2 unspecified atom stereocenters. The molecule has 0 fully saturated rings. The summed E-state index contributed by atoms with van der Waals surface area (Å²) in [6.07, 6.45) is 0. The molecule has 5 N–H and O–H groups in total. The first-order valence-electron chi connectivity index (χ1n) is 9.88. The Kier molecular flexibility index (Phi) is 5.26. The lowest BCUT2D eigenvalue weighted by Gasteiger charge is -2.40. The van der Waals surface area contributed by atoms with Crippen LogP contribution in [0.3, 0.4) is 0 Å². The van der Waals surface area contributed by atoms with Crippen molar-refractivity contribution >= 4 is 40.0 Å². The number of para-hydroxylation sites is 1. The number of hydrogen-bond acceptors (Lipinski definition) is 8. The van der Waals surface area contributed by atoms with Gasteiger partial charge in [0.25, 0.3) is 5.91 Å². The van der Waals surface area contributed by atoms with Crippen LogP contribution < -0.4 is 5.32 Å². The SMILES string of the molecule is O=C1C(C2=NS(O)(O)c3ccccc3N2)=C(O)C2C(CO)=CSC2N1Cc1ccccc1. The summed E-state index contributed by atoms with van der Waals surface area (Å²) in [4.78, 5) is 15.5. The van der Waals surface area contributed by atoms with Gasteiger partial charge in [0.05, 0.1) is 23.6 Å². The summed E-state index contributed by atoms with van der Waals surface area (Å²) >= 11 is 1.37. The topological polar surface area (TPSA) is 126 Å². The van der Waals surface area contributed by atoms with Gasteiger partial charge >= 0.3 is 0 Å². The minimum Gasteiger partial charge on any atom is -0.511 e. The monoisotopic (exact) mass is 471 g/mol. The van der Waals surface area contributed by atoms with Crippen molar-refractivity contribution in [2.75, 3.05) is 11.9 Å². The summed E-state index contributed by atoms with van der Waals surface area (Å²) in [5, 5.41) is 25.3. The number of hydrogen-bond donors (Lipinski definition) is 5. The van der Waals surface area contributed by atoms with Crippen molar-refractivity contribution in [2.24, 2.45) is 10.3 Å². The van der Waals surface area contributed by atoms with Gasteiger partial charge in [-0.25, -0.2) is 0 Å². The molecule has 0 saturated heterocycles. The Bertz CT molecular complexity index is 1180. The van der Waals surface area contributed by atoms with E-state index >= 15 is 0 Å². The lowest BCUT2D eigenvalue weighted by Crippen LogP contribution is -2.49. The van der Waals surface area contributed by atoms with Gasteiger partial charge in [0, 0.05) is 6.54 Å². The van der Waals surface area contributed by atoms with Gasteiger partial charge in [-0.05, 0) is 28.7 Å². The van der Waals surface area contributed by atoms with Crippen molar-refractivity contribution in [3.05, 3.63) is 82.5 Å². The molecule has 166 valence electrons. The zero-order chi connectivity index (χ0) is 22.5. The van der Waals surface area contributed by atoms with E-state index in [1.165, 1.54) is 11.8 Å². The van der Waals surface area contributed by atoms with Crippen molar-refractivity contribution < 1.29 is 24.1 Å². The maximum Gasteiger partial charge on any atom is 0.262 e. The van der Waals surface area contributed by atoms with Gasteiger partial charge in [0.15, 0.2) is 5.84 Å². The van der Waals surface area contributed by atoms with Crippen LogP contribution in [0.4, 0.5) is 5.69 Å². The number of benzene rings is 2. The highest BCUT2D eigenvalue weighted by Crippen LogP contribution is 2.56. The molecule has 32 heavy (non-hydrogen) atoms. The molecule has 3 heterocycles. The second kappa shape index (κ2) is 7.98. The van der Waals surface area contributed by atoms with Crippen molar-refractivity contribution in [1.82, 2.24) is 4.90 Å². The van der Waals surface area contributed by atoms with E-state index in [0.717, 1.165) is 5.56 Å². The van der Waals surface area contributed by atoms with Crippen LogP contribution in [0.1, 0.15) is 5.56 Å². The van der Waals surface area contributed by atoms with Crippen molar-refractivity contribution in [3.63, 3.8) is 0 Å². The van der Waals surface area contributed by atoms with Crippen LogP contribution in [0, 0.1) is 5.92 Å². The van der Waals surface area contributed by atoms with Crippen molar-refractivity contribution in [3.8, 4) is 0 Å². The van der Waals surface area contributed by atoms with Gasteiger partial charge in [-0.3, -0.25) is 13.9 Å². The molecule has 0 radical (unpaired) electrons. The molecule has 3 aliphatic heterocycles. The molecule has 10 heteroatoms. The summed E-state index contributed by atoms with van der Waals surface area (Å²) in [7, 11) is -3.56. The van der Waals surface area contributed by atoms with Crippen LogP contribution >= 0.6 is 22.5 Å². The summed E-state index contributed by atoms with van der Waals surface area (Å²) in [6, 6.07) is 16.1. The number of fused-ring (bicyclic) bond motifs is 2. The van der Waals surface area contributed by atoms with Crippen molar-refractivity contribution in [1.29, 1.82) is 0 Å². The van der Waals surface area contributed by atoms with E-state index in [9.17, 15) is 24.1 Å². The van der Waals surface area contributed by atoms with Crippen LogP contribution in [0.5, 0.6) is 0 Å². The number of carbonyl (C=O) groups is 1. The van der Waals surface area contributed by atoms with E-state index in [1.54, 1.807) is 34.6 Å². The van der Waals surface area contributed by atoms with Crippen LogP contribution in [0.25, 0.3) is 0 Å². The number of amides is 1. The Balaban J connectivity index is 1.60. The summed E-state index contributed by atoms with van der Waals surface area (Å²) in [6.45, 7) is 0.0219. The minimum atomic E-state index is -3.56. The summed E-state index contributed by atoms with van der Waals surface area (Å²) in [5.41, 5.74) is 1.77. The zero-order valence-corrected chi connectivity index (χ0v) is 18.4. The predicted molar refractivity (Wildman–Crippen MR) is 125 cm³/mol. The second-order valence-corrected chi connectivity index (χ2v) is 10.3. The lowest BCUT2D eigenvalue weighted by molar-refractivity contribution is -0.129. The maximum atomic E-state index is 13.6. The average molecular weight is 472 g/mol. The second-order valence-electron chi connectivity index (χ2n) is 7.61. The van der Waals surface area contributed by atoms with Crippen LogP contribution in [0.2, 0.25) is 0 Å². The molecule has 2 atom stereocenters. The zero-order valence-electron chi connectivity index (χ0n) is 16.8. The van der Waals surface area contributed by atoms with E-state index in [0.29, 0.717) is 11.3 Å². The Labute approximate surface area is 190 Å². The number of nitrogens with one attached hydrogen (secondary N) is 1. The van der Waals surface area contributed by atoms with Crippen LogP contribution in [-0.2, 0) is 11.3 Å². The quantitative estimate of drug-likeness (QED) is 0.457. The molecule has 0 saturated carbocycles. The molecule has 8 nitrogen and oxygen atoms in total. The van der Waals surface area contributed by atoms with E-state index in [4.69, 9.17) is 0 Å². The Morgan fingerprint density at radius 3 is 2.56 bits per heavy atom. The molecule has 0 spiro atoms. The van der Waals surface area contributed by atoms with E-state index in [-0.39, 0.29) is 35.2 Å². The molecule has 0 aromatic heterocycles. The maximum absolute atomic E-state index is 13.6. The molecular formula is C22H21N3O5S2. The van der Waals surface area contributed by atoms with Gasteiger partial charge in [-0.15, -0.1) is 16.2 Å². The first kappa shape index (κ1) is 21.1. The number of aliphatic hydroxyl groups is 2. The molecule has 0 bridgehead atoms. The molecule has 5 rings (SSSR count). The smallest absolute Gasteiger partial charge is 0.262 e. The third-order valence-electron chi connectivity index (χ3n) is 5.64. The fraction of sp³-hybridized carbons (Fsp3) is 0.182. The molecular weight excluding hydrogens is 450 g/mol. The first-order valence-corrected chi connectivity index (χ1v) is 12.3. The fourth-order valence-corrected chi connectivity index (χ4v) is 6.60. The highest BCUT2D eigenvalue weighted by Gasteiger charge is 2.48. The number of amidine groups is 1. The molecule has 3 aliphatic rings. The predicted octanol–water partition coefficient (Wildman–Crippen LogP) is 3.95. The average Bonchev–Trinajstić information content (AvgIpc) is 3.21. The highest BCUT2D eigenvalue weighted by molar-refractivity contribution is 8.23. The molecule has 0 aliphatic carbocycles. The number of thioether (sulfide) groups is 1. The van der Waals surface area contributed by atoms with E-state index in [1.807, 2.05) is 30.3 Å². The van der Waals surface area contributed by atoms with Crippen LogP contribution in [-0.4, -0.2) is 47.9 Å². The Morgan fingerprint density at radius 2 is 1.81 bits per heavy atom. The first-order chi connectivity index (χ1) is 15.4. The normalized spacial score (nSPS) is 24.8. The standard InChI is InChI=1S/C22H21N3O5S2/c26-11-14-12-31-22-17(14)19(27)18(21(28)25(22)10-13-6-2-1-3-7-13)20-23-15-8-4-5-9-16(15)32(29,30)24-20/h1-9,12,17,22,26-27,29-30H,10-11H2,(H,23,24). The number of carbonyl (C=O) groups excluding carboxylic acids is 1. The third-order valence-corrected chi connectivity index (χ3v) is 8.27. The van der Waals surface area contributed by atoms with Crippen molar-refractivity contribution in [2.45, 2.75) is 16.8 Å². The number of rotatable bonds is 4. The number of nitrogens with zero attached hydrogens (tertiary/aromatic N) is 2. The van der Waals surface area contributed by atoms with Gasteiger partial charge < -0.3 is 20.4 Å².